The summed E-state index contributed by atoms with van der Waals surface area (Å²) in [4.78, 5) is 33.2. The number of halogens is 3. The molecule has 2 atom stereocenters. The number of hydrogen-bond donors (Lipinski definition) is 3. The summed E-state index contributed by atoms with van der Waals surface area (Å²) >= 11 is 0. The Labute approximate surface area is 329 Å². The Morgan fingerprint density at radius 3 is 2.30 bits per heavy atom. The number of carbonyl (C=O) groups excluding carboxylic acids is 1. The fraction of sp³-hybridized carbons (Fsp3) is 0.349. The molecule has 3 heterocycles. The van der Waals surface area contributed by atoms with Crippen LogP contribution in [0.1, 0.15) is 62.3 Å². The number of aliphatic hydroxyl groups is 1. The molecule has 0 saturated carbocycles. The molecule has 3 N–H and O–H groups in total. The number of aliphatic hydroxyl groups excluding tert-OH is 1. The second kappa shape index (κ2) is 17.6. The third-order valence-electron chi connectivity index (χ3n) is 10.6. The molecule has 0 radical (unpaired) electrons. The molecule has 0 aliphatic carbocycles. The van der Waals surface area contributed by atoms with Gasteiger partial charge in [0.25, 0.3) is 5.91 Å². The van der Waals surface area contributed by atoms with Crippen molar-refractivity contribution in [3.8, 4) is 28.7 Å². The summed E-state index contributed by atoms with van der Waals surface area (Å²) in [5.74, 6) is -1.34. The number of methoxy groups -OCH3 is 1. The highest BCUT2D eigenvalue weighted by Gasteiger charge is 2.35. The van der Waals surface area contributed by atoms with Gasteiger partial charge in [0.2, 0.25) is 0 Å². The van der Waals surface area contributed by atoms with E-state index >= 15 is 0 Å². The molecule has 11 nitrogen and oxygen atoms in total. The number of nitriles is 1. The number of aliphatic carboxylic acids is 1. The molecule has 2 aliphatic heterocycles. The van der Waals surface area contributed by atoms with E-state index in [4.69, 9.17) is 9.47 Å². The van der Waals surface area contributed by atoms with Gasteiger partial charge in [0, 0.05) is 61.8 Å². The number of carboxylic acid groups (broad SMARTS) is 1. The zero-order valence-electron chi connectivity index (χ0n) is 31.9. The molecule has 298 valence electrons. The topological polar surface area (TPSA) is 148 Å². The van der Waals surface area contributed by atoms with Crippen LogP contribution in [0.15, 0.2) is 60.8 Å². The van der Waals surface area contributed by atoms with E-state index in [0.29, 0.717) is 49.5 Å². The number of alkyl halides is 3. The highest BCUT2D eigenvalue weighted by atomic mass is 19.4. The number of benzene rings is 3. The minimum absolute atomic E-state index is 0.0416. The molecule has 1 aromatic heterocycles. The maximum absolute atomic E-state index is 14.5. The number of nitrogens with one attached hydrogen (secondary N) is 1. The second-order valence-corrected chi connectivity index (χ2v) is 14.4. The van der Waals surface area contributed by atoms with Crippen molar-refractivity contribution >= 4 is 29.7 Å². The third-order valence-corrected chi connectivity index (χ3v) is 10.6. The molecule has 2 fully saturated rings. The van der Waals surface area contributed by atoms with E-state index in [-0.39, 0.29) is 48.4 Å². The van der Waals surface area contributed by atoms with Crippen molar-refractivity contribution in [2.45, 2.75) is 52.1 Å². The number of nitrogens with zero attached hydrogens (tertiary/aromatic N) is 4. The summed E-state index contributed by atoms with van der Waals surface area (Å²) in [5.41, 5.74) is 4.57. The zero-order chi connectivity index (χ0) is 40.9. The number of carbonyl (C=O) groups is 2. The summed E-state index contributed by atoms with van der Waals surface area (Å²) in [6.07, 6.45) is 0.611. The van der Waals surface area contributed by atoms with Crippen LogP contribution in [-0.4, -0.2) is 82.9 Å². The first-order valence-electron chi connectivity index (χ1n) is 18.6. The van der Waals surface area contributed by atoms with E-state index in [9.17, 15) is 38.2 Å². The Hall–Kier alpha value is -5.75. The molecular formula is C43H44F3N5O6. The molecule has 2 aliphatic rings. The number of anilines is 1. The number of ether oxygens (including phenoxy) is 2. The molecule has 1 amide bonds. The van der Waals surface area contributed by atoms with Crippen LogP contribution in [0.5, 0.6) is 11.5 Å². The van der Waals surface area contributed by atoms with Gasteiger partial charge >= 0.3 is 12.1 Å². The SMILES string of the molecule is COc1cc(C(=O)Nc2cccc(-c3cccc(/C=C/c4cc(OCC#N)c(CN5CC[C@@H](C(=O)O)C5)cc4C(F)(F)F)c3C)c2C)ncc1CN1CC[C@@H](O)C1. The van der Waals surface area contributed by atoms with Gasteiger partial charge in [0.1, 0.15) is 23.3 Å². The minimum Gasteiger partial charge on any atom is -0.496 e. The molecule has 14 heteroatoms. The number of hydrogen-bond acceptors (Lipinski definition) is 9. The van der Waals surface area contributed by atoms with Crippen molar-refractivity contribution in [1.82, 2.24) is 14.8 Å². The monoisotopic (exact) mass is 783 g/mol. The van der Waals surface area contributed by atoms with Crippen molar-refractivity contribution in [1.29, 1.82) is 5.26 Å². The number of pyridine rings is 1. The number of β-amino-alcohol motifs (C(OH)–C–C–N with tert-alkyl or cyclic N) is 1. The van der Waals surface area contributed by atoms with Crippen LogP contribution < -0.4 is 14.8 Å². The fourth-order valence-corrected chi connectivity index (χ4v) is 7.46. The summed E-state index contributed by atoms with van der Waals surface area (Å²) in [6.45, 7) is 5.88. The highest BCUT2D eigenvalue weighted by Crippen LogP contribution is 2.39. The zero-order valence-corrected chi connectivity index (χ0v) is 31.9. The van der Waals surface area contributed by atoms with Crippen molar-refractivity contribution < 1.29 is 42.4 Å². The van der Waals surface area contributed by atoms with Gasteiger partial charge in [-0.1, -0.05) is 42.5 Å². The molecule has 2 saturated heterocycles. The van der Waals surface area contributed by atoms with Gasteiger partial charge in [0.05, 0.1) is 24.7 Å². The number of carboxylic acids is 1. The van der Waals surface area contributed by atoms with Gasteiger partial charge in [-0.25, -0.2) is 0 Å². The van der Waals surface area contributed by atoms with E-state index in [1.165, 1.54) is 19.3 Å². The fourth-order valence-electron chi connectivity index (χ4n) is 7.46. The first-order valence-corrected chi connectivity index (χ1v) is 18.6. The van der Waals surface area contributed by atoms with Crippen LogP contribution in [0.4, 0.5) is 18.9 Å². The van der Waals surface area contributed by atoms with Crippen LogP contribution in [0.3, 0.4) is 0 Å². The van der Waals surface area contributed by atoms with E-state index < -0.39 is 29.5 Å². The molecule has 6 rings (SSSR count). The quantitative estimate of drug-likeness (QED) is 0.119. The summed E-state index contributed by atoms with van der Waals surface area (Å²) in [7, 11) is 1.53. The Balaban J connectivity index is 1.25. The lowest BCUT2D eigenvalue weighted by atomic mass is 9.92. The summed E-state index contributed by atoms with van der Waals surface area (Å²) in [6, 6.07) is 16.8. The normalized spacial score (nSPS) is 17.5. The lowest BCUT2D eigenvalue weighted by molar-refractivity contribution is -0.141. The second-order valence-electron chi connectivity index (χ2n) is 14.4. The van der Waals surface area contributed by atoms with Gasteiger partial charge < -0.3 is 25.0 Å². The van der Waals surface area contributed by atoms with Crippen LogP contribution in [0.2, 0.25) is 0 Å². The molecular weight excluding hydrogens is 739 g/mol. The average molecular weight is 784 g/mol. The number of rotatable bonds is 13. The molecule has 0 unspecified atom stereocenters. The van der Waals surface area contributed by atoms with Crippen LogP contribution in [0.25, 0.3) is 23.3 Å². The van der Waals surface area contributed by atoms with Gasteiger partial charge in [0.15, 0.2) is 6.61 Å². The standard InChI is InChI=1S/C43H44F3N5O6/c1-26-28(10-11-29-19-40(57-17-14-47)31(18-36(29)43(44,45)46)23-50-15-12-30(22-50)42(54)55)6-4-7-34(26)35-8-5-9-37(27(35)2)49-41(53)38-20-39(56-3)32(21-48-38)24-51-16-13-33(52)25-51/h4-11,18-21,30,33,52H,12-13,15-17,22-25H2,1-3H3,(H,49,53)(H,54,55)/b11-10+/t30-,33-/m1/s1. The van der Waals surface area contributed by atoms with Crippen molar-refractivity contribution in [2.24, 2.45) is 5.92 Å². The molecule has 0 bridgehead atoms. The van der Waals surface area contributed by atoms with Gasteiger partial charge in [-0.15, -0.1) is 0 Å². The lowest BCUT2D eigenvalue weighted by Gasteiger charge is -2.21. The molecule has 0 spiro atoms. The predicted octanol–water partition coefficient (Wildman–Crippen LogP) is 7.19. The van der Waals surface area contributed by atoms with Gasteiger partial charge in [-0.3, -0.25) is 24.4 Å². The van der Waals surface area contributed by atoms with E-state index in [1.54, 1.807) is 35.4 Å². The van der Waals surface area contributed by atoms with Crippen LogP contribution >= 0.6 is 0 Å². The molecule has 4 aromatic rings. The number of likely N-dealkylation sites (tertiary alicyclic amines) is 2. The smallest absolute Gasteiger partial charge is 0.417 e. The Kier molecular flexibility index (Phi) is 12.6. The average Bonchev–Trinajstić information content (AvgIpc) is 3.83. The number of aromatic nitrogens is 1. The third kappa shape index (κ3) is 9.62. The summed E-state index contributed by atoms with van der Waals surface area (Å²) < 4.78 is 54.8. The molecule has 3 aromatic carbocycles. The van der Waals surface area contributed by atoms with Crippen molar-refractivity contribution in [3.63, 3.8) is 0 Å². The Bertz CT molecular complexity index is 2220. The van der Waals surface area contributed by atoms with Crippen LogP contribution in [-0.2, 0) is 24.1 Å². The minimum atomic E-state index is -4.71. The maximum Gasteiger partial charge on any atom is 0.417 e. The maximum atomic E-state index is 14.5. The van der Waals surface area contributed by atoms with Gasteiger partial charge in [-0.05, 0) is 84.8 Å². The van der Waals surface area contributed by atoms with E-state index in [1.807, 2.05) is 44.2 Å². The largest absolute Gasteiger partial charge is 0.496 e. The first kappa shape index (κ1) is 40.9. The Morgan fingerprint density at radius 2 is 1.63 bits per heavy atom. The molecule has 57 heavy (non-hydrogen) atoms. The van der Waals surface area contributed by atoms with Gasteiger partial charge in [-0.2, -0.15) is 18.4 Å². The van der Waals surface area contributed by atoms with E-state index in [2.05, 4.69) is 15.2 Å². The van der Waals surface area contributed by atoms with Crippen molar-refractivity contribution in [2.75, 3.05) is 45.2 Å². The first-order chi connectivity index (χ1) is 27.2. The van der Waals surface area contributed by atoms with E-state index in [0.717, 1.165) is 40.4 Å². The lowest BCUT2D eigenvalue weighted by Crippen LogP contribution is -2.23. The predicted molar refractivity (Wildman–Crippen MR) is 208 cm³/mol. The van der Waals surface area contributed by atoms with Crippen molar-refractivity contribution in [3.05, 3.63) is 105 Å². The Morgan fingerprint density at radius 1 is 0.947 bits per heavy atom. The number of amides is 1. The highest BCUT2D eigenvalue weighted by molar-refractivity contribution is 6.04. The summed E-state index contributed by atoms with van der Waals surface area (Å²) in [5, 5.41) is 31.4. The van der Waals surface area contributed by atoms with Crippen LogP contribution in [0, 0.1) is 31.1 Å².